The number of hydrogen-bond acceptors (Lipinski definition) is 5. The highest BCUT2D eigenvalue weighted by Gasteiger charge is 2.11. The van der Waals surface area contributed by atoms with Crippen LogP contribution >= 0.6 is 0 Å². The smallest absolute Gasteiger partial charge is 0.319 e. The van der Waals surface area contributed by atoms with Gasteiger partial charge in [0, 0.05) is 30.5 Å². The van der Waals surface area contributed by atoms with Gasteiger partial charge in [0.1, 0.15) is 0 Å². The molecule has 0 aliphatic rings. The van der Waals surface area contributed by atoms with Gasteiger partial charge >= 0.3 is 6.03 Å². The second kappa shape index (κ2) is 8.07. The van der Waals surface area contributed by atoms with Gasteiger partial charge in [-0.3, -0.25) is 0 Å². The standard InChI is InChI=1S/C18H18N4O3/c1-24-11-10-19-18(23)20-15-9-5-8-14(12-15)17-22-21-16(25-17)13-6-3-2-4-7-13/h2-9,12H,10-11H2,1H3,(H2,19,20,23). The van der Waals surface area contributed by atoms with E-state index in [4.69, 9.17) is 9.15 Å². The number of nitrogens with one attached hydrogen (secondary N) is 2. The molecule has 0 unspecified atom stereocenters. The molecule has 0 radical (unpaired) electrons. The lowest BCUT2D eigenvalue weighted by atomic mass is 10.2. The second-order valence-electron chi connectivity index (χ2n) is 5.23. The van der Waals surface area contributed by atoms with Crippen LogP contribution in [0, 0.1) is 0 Å². The van der Waals surface area contributed by atoms with Crippen LogP contribution in [0.2, 0.25) is 0 Å². The average Bonchev–Trinajstić information content (AvgIpc) is 3.13. The summed E-state index contributed by atoms with van der Waals surface area (Å²) in [5, 5.41) is 13.6. The molecule has 3 aromatic rings. The van der Waals surface area contributed by atoms with Crippen molar-refractivity contribution in [3.8, 4) is 22.9 Å². The summed E-state index contributed by atoms with van der Waals surface area (Å²) in [6.07, 6.45) is 0. The Kier molecular flexibility index (Phi) is 5.38. The predicted octanol–water partition coefficient (Wildman–Crippen LogP) is 3.17. The highest BCUT2D eigenvalue weighted by atomic mass is 16.5. The molecule has 0 atom stereocenters. The van der Waals surface area contributed by atoms with Gasteiger partial charge < -0.3 is 19.8 Å². The highest BCUT2D eigenvalue weighted by molar-refractivity contribution is 5.89. The van der Waals surface area contributed by atoms with Gasteiger partial charge in [0.2, 0.25) is 11.8 Å². The predicted molar refractivity (Wildman–Crippen MR) is 94.1 cm³/mol. The van der Waals surface area contributed by atoms with E-state index >= 15 is 0 Å². The third kappa shape index (κ3) is 4.42. The van der Waals surface area contributed by atoms with E-state index in [9.17, 15) is 4.79 Å². The summed E-state index contributed by atoms with van der Waals surface area (Å²) in [5.41, 5.74) is 2.21. The monoisotopic (exact) mass is 338 g/mol. The molecule has 0 spiro atoms. The fraction of sp³-hybridized carbons (Fsp3) is 0.167. The van der Waals surface area contributed by atoms with Crippen LogP contribution in [0.1, 0.15) is 0 Å². The van der Waals surface area contributed by atoms with E-state index in [0.29, 0.717) is 30.6 Å². The van der Waals surface area contributed by atoms with Gasteiger partial charge in [-0.05, 0) is 30.3 Å². The van der Waals surface area contributed by atoms with Crippen LogP contribution in [0.15, 0.2) is 59.0 Å². The Morgan fingerprint density at radius 3 is 2.52 bits per heavy atom. The van der Waals surface area contributed by atoms with Gasteiger partial charge in [0.15, 0.2) is 0 Å². The Hall–Kier alpha value is -3.19. The zero-order valence-corrected chi connectivity index (χ0v) is 13.7. The fourth-order valence-corrected chi connectivity index (χ4v) is 2.21. The van der Waals surface area contributed by atoms with E-state index in [0.717, 1.165) is 11.1 Å². The molecule has 0 fully saturated rings. The van der Waals surface area contributed by atoms with Crippen molar-refractivity contribution in [1.82, 2.24) is 15.5 Å². The van der Waals surface area contributed by atoms with E-state index in [-0.39, 0.29) is 6.03 Å². The maximum atomic E-state index is 11.8. The molecule has 0 saturated heterocycles. The molecule has 7 heteroatoms. The Morgan fingerprint density at radius 1 is 1.04 bits per heavy atom. The molecule has 2 amide bonds. The maximum Gasteiger partial charge on any atom is 0.319 e. The van der Waals surface area contributed by atoms with Gasteiger partial charge in [-0.2, -0.15) is 0 Å². The molecule has 128 valence electrons. The van der Waals surface area contributed by atoms with E-state index in [1.54, 1.807) is 19.2 Å². The number of methoxy groups -OCH3 is 1. The van der Waals surface area contributed by atoms with Crippen LogP contribution in [0.5, 0.6) is 0 Å². The molecular formula is C18H18N4O3. The fourth-order valence-electron chi connectivity index (χ4n) is 2.21. The van der Waals surface area contributed by atoms with E-state index < -0.39 is 0 Å². The number of benzene rings is 2. The Labute approximate surface area is 145 Å². The number of urea groups is 1. The van der Waals surface area contributed by atoms with Crippen molar-refractivity contribution in [2.75, 3.05) is 25.6 Å². The number of amides is 2. The summed E-state index contributed by atoms with van der Waals surface area (Å²) in [5.74, 6) is 0.841. The van der Waals surface area contributed by atoms with Crippen molar-refractivity contribution in [3.05, 3.63) is 54.6 Å². The van der Waals surface area contributed by atoms with E-state index in [2.05, 4.69) is 20.8 Å². The highest BCUT2D eigenvalue weighted by Crippen LogP contribution is 2.25. The molecule has 25 heavy (non-hydrogen) atoms. The molecular weight excluding hydrogens is 320 g/mol. The molecule has 7 nitrogen and oxygen atoms in total. The average molecular weight is 338 g/mol. The van der Waals surface area contributed by atoms with Gasteiger partial charge in [0.25, 0.3) is 0 Å². The molecule has 0 aliphatic carbocycles. The largest absolute Gasteiger partial charge is 0.416 e. The summed E-state index contributed by atoms with van der Waals surface area (Å²) in [6.45, 7) is 0.893. The van der Waals surface area contributed by atoms with Crippen LogP contribution < -0.4 is 10.6 Å². The maximum absolute atomic E-state index is 11.8. The zero-order chi connectivity index (χ0) is 17.5. The van der Waals surface area contributed by atoms with Crippen LogP contribution in [0.4, 0.5) is 10.5 Å². The van der Waals surface area contributed by atoms with Crippen molar-refractivity contribution in [2.24, 2.45) is 0 Å². The molecule has 0 bridgehead atoms. The van der Waals surface area contributed by atoms with Gasteiger partial charge in [-0.1, -0.05) is 24.3 Å². The van der Waals surface area contributed by atoms with Crippen molar-refractivity contribution < 1.29 is 13.9 Å². The number of rotatable bonds is 6. The third-order valence-electron chi connectivity index (χ3n) is 3.40. The van der Waals surface area contributed by atoms with Gasteiger partial charge in [-0.15, -0.1) is 10.2 Å². The number of carbonyl (C=O) groups excluding carboxylic acids is 1. The normalized spacial score (nSPS) is 10.4. The lowest BCUT2D eigenvalue weighted by Gasteiger charge is -2.07. The summed E-state index contributed by atoms with van der Waals surface area (Å²) in [7, 11) is 1.58. The third-order valence-corrected chi connectivity index (χ3v) is 3.40. The van der Waals surface area contributed by atoms with Crippen molar-refractivity contribution in [1.29, 1.82) is 0 Å². The number of aromatic nitrogens is 2. The minimum Gasteiger partial charge on any atom is -0.416 e. The number of hydrogen-bond donors (Lipinski definition) is 2. The Morgan fingerprint density at radius 2 is 1.76 bits per heavy atom. The molecule has 0 aliphatic heterocycles. The quantitative estimate of drug-likeness (QED) is 0.674. The van der Waals surface area contributed by atoms with Gasteiger partial charge in [0.05, 0.1) is 6.61 Å². The van der Waals surface area contributed by atoms with Crippen molar-refractivity contribution in [3.63, 3.8) is 0 Å². The van der Waals surface area contributed by atoms with Crippen LogP contribution in [-0.2, 0) is 4.74 Å². The summed E-state index contributed by atoms with van der Waals surface area (Å²) in [6, 6.07) is 16.5. The SMILES string of the molecule is COCCNC(=O)Nc1cccc(-c2nnc(-c3ccccc3)o2)c1. The zero-order valence-electron chi connectivity index (χ0n) is 13.7. The topological polar surface area (TPSA) is 89.3 Å². The molecule has 2 N–H and O–H groups in total. The number of carbonyl (C=O) groups is 1. The molecule has 1 heterocycles. The van der Waals surface area contributed by atoms with Crippen LogP contribution in [0.3, 0.4) is 0 Å². The lowest BCUT2D eigenvalue weighted by Crippen LogP contribution is -2.31. The first-order valence-electron chi connectivity index (χ1n) is 7.79. The van der Waals surface area contributed by atoms with Crippen LogP contribution in [0.25, 0.3) is 22.9 Å². The molecule has 3 rings (SSSR count). The van der Waals surface area contributed by atoms with Crippen molar-refractivity contribution in [2.45, 2.75) is 0 Å². The number of nitrogens with zero attached hydrogens (tertiary/aromatic N) is 2. The summed E-state index contributed by atoms with van der Waals surface area (Å²) in [4.78, 5) is 11.8. The molecule has 1 aromatic heterocycles. The molecule has 2 aromatic carbocycles. The Balaban J connectivity index is 1.71. The summed E-state index contributed by atoms with van der Waals surface area (Å²) < 4.78 is 10.6. The van der Waals surface area contributed by atoms with Crippen molar-refractivity contribution >= 4 is 11.7 Å². The van der Waals surface area contributed by atoms with E-state index in [1.807, 2.05) is 42.5 Å². The Bertz CT molecular complexity index is 833. The van der Waals surface area contributed by atoms with E-state index in [1.165, 1.54) is 0 Å². The minimum absolute atomic E-state index is 0.301. The molecule has 0 saturated carbocycles. The number of ether oxygens (including phenoxy) is 1. The second-order valence-corrected chi connectivity index (χ2v) is 5.23. The minimum atomic E-state index is -0.301. The lowest BCUT2D eigenvalue weighted by molar-refractivity contribution is 0.198. The summed E-state index contributed by atoms with van der Waals surface area (Å²) >= 11 is 0. The van der Waals surface area contributed by atoms with Gasteiger partial charge in [-0.25, -0.2) is 4.79 Å². The first-order chi connectivity index (χ1) is 12.3. The number of anilines is 1. The van der Waals surface area contributed by atoms with Crippen LogP contribution in [-0.4, -0.2) is 36.5 Å². The first-order valence-corrected chi connectivity index (χ1v) is 7.79. The first kappa shape index (κ1) is 16.7.